The van der Waals surface area contributed by atoms with Crippen LogP contribution in [0.4, 0.5) is 0 Å². The molecule has 0 amide bonds. The second-order valence-corrected chi connectivity index (χ2v) is 3.07. The Bertz CT molecular complexity index is 64.6. The summed E-state index contributed by atoms with van der Waals surface area (Å²) in [4.78, 5) is 0. The van der Waals surface area contributed by atoms with E-state index in [-0.39, 0.29) is 0 Å². The van der Waals surface area contributed by atoms with Crippen LogP contribution in [0.2, 0.25) is 0 Å². The number of hydrogen-bond acceptors (Lipinski definition) is 0. The molecule has 0 N–H and O–H groups in total. The van der Waals surface area contributed by atoms with Crippen molar-refractivity contribution >= 4 is 20.0 Å². The average Bonchev–Trinajstić information content (AvgIpc) is 1.65. The molecule has 0 atom stereocenters. The van der Waals surface area contributed by atoms with E-state index in [2.05, 4.69) is 36.3 Å². The fourth-order valence-corrected chi connectivity index (χ4v) is 0.408. The molecular weight excluding hydrogens is 151 g/mol. The molecule has 0 aromatic carbocycles. The third-order valence-electron chi connectivity index (χ3n) is 0.992. The van der Waals surface area contributed by atoms with Crippen molar-refractivity contribution in [2.24, 2.45) is 5.92 Å². The van der Waals surface area contributed by atoms with Crippen molar-refractivity contribution in [3.05, 3.63) is 0 Å². The summed E-state index contributed by atoms with van der Waals surface area (Å²) in [7, 11) is 0. The zero-order valence-electron chi connectivity index (χ0n) is 5.19. The first-order valence-electron chi connectivity index (χ1n) is 2.71. The molecule has 0 heterocycles. The Balaban J connectivity index is 3.35. The fraction of sp³-hybridized carbons (Fsp3) is 0.833. The van der Waals surface area contributed by atoms with Gasteiger partial charge in [-0.1, -0.05) is 0 Å². The molecule has 0 radical (unpaired) electrons. The van der Waals surface area contributed by atoms with E-state index in [4.69, 9.17) is 0 Å². The van der Waals surface area contributed by atoms with E-state index in [0.29, 0.717) is 0 Å². The van der Waals surface area contributed by atoms with Gasteiger partial charge in [-0.25, -0.2) is 0 Å². The van der Waals surface area contributed by atoms with E-state index in [0.717, 1.165) is 5.92 Å². The van der Waals surface area contributed by atoms with Gasteiger partial charge in [-0.15, -0.1) is 0 Å². The van der Waals surface area contributed by atoms with Crippen LogP contribution in [-0.2, 0) is 0 Å². The van der Waals surface area contributed by atoms with Gasteiger partial charge in [0.15, 0.2) is 0 Å². The maximum absolute atomic E-state index is 3.04. The molecule has 0 aromatic heterocycles. The molecule has 0 rings (SSSR count). The van der Waals surface area contributed by atoms with Crippen LogP contribution in [0.15, 0.2) is 0 Å². The van der Waals surface area contributed by atoms with Crippen molar-refractivity contribution in [1.29, 1.82) is 0 Å². The van der Waals surface area contributed by atoms with Crippen molar-refractivity contribution in [2.75, 3.05) is 0 Å². The van der Waals surface area contributed by atoms with Crippen molar-refractivity contribution in [3.8, 4) is 0 Å². The molecule has 0 aliphatic rings. The van der Waals surface area contributed by atoms with Crippen LogP contribution in [-0.4, -0.2) is 20.0 Å². The van der Waals surface area contributed by atoms with Crippen molar-refractivity contribution in [3.63, 3.8) is 0 Å². The first kappa shape index (κ1) is 7.39. The molecule has 0 unspecified atom stereocenters. The molecular formula is C6H12Se. The minimum absolute atomic E-state index is 0.727. The molecule has 0 aliphatic heterocycles. The Morgan fingerprint density at radius 2 is 2.00 bits per heavy atom. The summed E-state index contributed by atoms with van der Waals surface area (Å²) < 4.78 is 1.47. The second-order valence-electron chi connectivity index (χ2n) is 1.97. The van der Waals surface area contributed by atoms with Gasteiger partial charge in [-0.3, -0.25) is 0 Å². The first-order valence-corrected chi connectivity index (χ1v) is 3.56. The summed E-state index contributed by atoms with van der Waals surface area (Å²) in [6, 6.07) is 0. The van der Waals surface area contributed by atoms with Gasteiger partial charge in [0.1, 0.15) is 0 Å². The summed E-state index contributed by atoms with van der Waals surface area (Å²) in [6.45, 7) is 6.58. The maximum atomic E-state index is 3.04. The Morgan fingerprint density at radius 1 is 1.57 bits per heavy atom. The van der Waals surface area contributed by atoms with Crippen molar-refractivity contribution in [2.45, 2.75) is 27.2 Å². The van der Waals surface area contributed by atoms with Gasteiger partial charge in [0.05, 0.1) is 0 Å². The van der Waals surface area contributed by atoms with Gasteiger partial charge in [0.2, 0.25) is 0 Å². The van der Waals surface area contributed by atoms with Crippen molar-refractivity contribution < 1.29 is 0 Å². The Hall–Kier alpha value is 0.389. The summed E-state index contributed by atoms with van der Waals surface area (Å²) >= 11 is 3.04. The van der Waals surface area contributed by atoms with Gasteiger partial charge in [-0.05, 0) is 0 Å². The summed E-state index contributed by atoms with van der Waals surface area (Å²) in [5, 5.41) is 0. The summed E-state index contributed by atoms with van der Waals surface area (Å²) in [5.41, 5.74) is 0. The normalized spacial score (nSPS) is 9.71. The van der Waals surface area contributed by atoms with Crippen LogP contribution in [0.25, 0.3) is 0 Å². The van der Waals surface area contributed by atoms with Crippen LogP contribution in [0.3, 0.4) is 0 Å². The molecule has 0 nitrogen and oxygen atoms in total. The van der Waals surface area contributed by atoms with E-state index in [1.807, 2.05) is 0 Å². The summed E-state index contributed by atoms with van der Waals surface area (Å²) in [6.07, 6.45) is 1.18. The third-order valence-corrected chi connectivity index (χ3v) is 2.59. The van der Waals surface area contributed by atoms with Gasteiger partial charge in [-0.2, -0.15) is 0 Å². The predicted molar refractivity (Wildman–Crippen MR) is 35.9 cm³/mol. The molecule has 7 heavy (non-hydrogen) atoms. The molecule has 0 bridgehead atoms. The first-order chi connectivity index (χ1) is 3.18. The number of hydrogen-bond donors (Lipinski definition) is 0. The van der Waals surface area contributed by atoms with Gasteiger partial charge in [0.25, 0.3) is 0 Å². The average molecular weight is 163 g/mol. The van der Waals surface area contributed by atoms with E-state index in [1.165, 1.54) is 10.8 Å². The SMILES string of the molecule is CCC(=[Se])C(C)C. The Labute approximate surface area is 53.7 Å². The minimum atomic E-state index is 0.727. The molecule has 0 aliphatic carbocycles. The predicted octanol–water partition coefficient (Wildman–Crippen LogP) is 1.39. The fourth-order valence-electron chi connectivity index (χ4n) is 0.408. The van der Waals surface area contributed by atoms with Crippen molar-refractivity contribution in [1.82, 2.24) is 0 Å². The topological polar surface area (TPSA) is 0 Å². The standard InChI is InChI=1S/C6H12Se/c1-4-6(7)5(2)3/h5H,4H2,1-3H3. The molecule has 42 valence electrons. The van der Waals surface area contributed by atoms with E-state index >= 15 is 0 Å². The monoisotopic (exact) mass is 164 g/mol. The van der Waals surface area contributed by atoms with Gasteiger partial charge < -0.3 is 0 Å². The number of rotatable bonds is 2. The van der Waals surface area contributed by atoms with Crippen LogP contribution in [0.5, 0.6) is 0 Å². The Kier molecular flexibility index (Phi) is 3.59. The quantitative estimate of drug-likeness (QED) is 0.539. The molecule has 0 spiro atoms. The molecule has 0 saturated heterocycles. The van der Waals surface area contributed by atoms with Crippen LogP contribution < -0.4 is 0 Å². The van der Waals surface area contributed by atoms with Crippen LogP contribution in [0, 0.1) is 5.92 Å². The molecule has 0 saturated carbocycles. The van der Waals surface area contributed by atoms with Crippen LogP contribution >= 0.6 is 0 Å². The van der Waals surface area contributed by atoms with E-state index < -0.39 is 0 Å². The van der Waals surface area contributed by atoms with E-state index in [1.54, 1.807) is 0 Å². The van der Waals surface area contributed by atoms with Gasteiger partial charge in [0, 0.05) is 0 Å². The van der Waals surface area contributed by atoms with Gasteiger partial charge >= 0.3 is 53.1 Å². The second kappa shape index (κ2) is 3.40. The molecule has 0 aromatic rings. The zero-order chi connectivity index (χ0) is 5.86. The van der Waals surface area contributed by atoms with Crippen LogP contribution in [0.1, 0.15) is 27.2 Å². The molecule has 1 heteroatoms. The zero-order valence-corrected chi connectivity index (χ0v) is 6.91. The Morgan fingerprint density at radius 3 is 2.00 bits per heavy atom. The summed E-state index contributed by atoms with van der Waals surface area (Å²) in [5.74, 6) is 0.727. The third kappa shape index (κ3) is 3.02. The molecule has 0 fully saturated rings. The van der Waals surface area contributed by atoms with E-state index in [9.17, 15) is 0 Å².